The number of rotatable bonds is 5. The van der Waals surface area contributed by atoms with Crippen molar-refractivity contribution in [2.45, 2.75) is 43.6 Å². The summed E-state index contributed by atoms with van der Waals surface area (Å²) in [5.74, 6) is -1.98. The predicted molar refractivity (Wildman–Crippen MR) is 160 cm³/mol. The van der Waals surface area contributed by atoms with Gasteiger partial charge in [-0.25, -0.2) is 8.78 Å². The minimum absolute atomic E-state index is 0.0891. The summed E-state index contributed by atoms with van der Waals surface area (Å²) in [5, 5.41) is 12.7. The number of hydrogen-bond acceptors (Lipinski definition) is 10. The molecule has 1 aliphatic carbocycles. The number of hydrogen-bond donors (Lipinski definition) is 2. The van der Waals surface area contributed by atoms with Gasteiger partial charge in [0.05, 0.1) is 59.9 Å². The highest BCUT2D eigenvalue weighted by Gasteiger charge is 2.60. The summed E-state index contributed by atoms with van der Waals surface area (Å²) in [6, 6.07) is 3.91. The molecule has 240 valence electrons. The van der Waals surface area contributed by atoms with Crippen molar-refractivity contribution in [3.05, 3.63) is 41.0 Å². The van der Waals surface area contributed by atoms with Crippen molar-refractivity contribution in [1.82, 2.24) is 15.3 Å². The highest BCUT2D eigenvalue weighted by Crippen LogP contribution is 2.57. The molecule has 2 aromatic carbocycles. The van der Waals surface area contributed by atoms with Gasteiger partial charge in [-0.2, -0.15) is 28.4 Å². The topological polar surface area (TPSA) is 119 Å². The number of piperazine rings is 1. The zero-order valence-corrected chi connectivity index (χ0v) is 25.2. The summed E-state index contributed by atoms with van der Waals surface area (Å²) >= 11 is 0.713. The Labute approximate surface area is 263 Å². The number of benzene rings is 2. The molecule has 2 aromatic heterocycles. The number of nitriles is 1. The predicted octanol–water partition coefficient (Wildman–Crippen LogP) is 5.39. The second kappa shape index (κ2) is 10.1. The standard InChI is InChI=1S/C31H27F5N6O3S/c1-29-10-30(11-29,13-45-29)12-44-28-40-24-17(27(41-28)42-14-6-39-7-15(42)9-43-8-14)4-19(31(34,35)36)22(23(24)33)16-2-3-20(32)25-21(16)18(5-37)26(38)46-25/h2-4,14-15,39H,6-13,38H2,1H3. The van der Waals surface area contributed by atoms with E-state index in [0.29, 0.717) is 44.2 Å². The number of ether oxygens (including phenoxy) is 3. The lowest BCUT2D eigenvalue weighted by molar-refractivity contribution is -0.137. The first-order chi connectivity index (χ1) is 21.9. The fourth-order valence-corrected chi connectivity index (χ4v) is 8.70. The number of nitrogens with one attached hydrogen (secondary N) is 1. The van der Waals surface area contributed by atoms with Crippen LogP contribution >= 0.6 is 11.3 Å². The third-order valence-corrected chi connectivity index (χ3v) is 10.6. The maximum atomic E-state index is 17.0. The number of thiophene rings is 1. The van der Waals surface area contributed by atoms with E-state index in [1.807, 2.05) is 17.9 Å². The van der Waals surface area contributed by atoms with E-state index in [4.69, 9.17) is 19.9 Å². The number of aromatic nitrogens is 2. The lowest BCUT2D eigenvalue weighted by Crippen LogP contribution is -2.64. The van der Waals surface area contributed by atoms with Crippen LogP contribution in [0.3, 0.4) is 0 Å². The van der Waals surface area contributed by atoms with Crippen molar-refractivity contribution < 1.29 is 36.2 Å². The smallest absolute Gasteiger partial charge is 0.417 e. The molecule has 9 nitrogen and oxygen atoms in total. The number of halogens is 5. The van der Waals surface area contributed by atoms with Crippen LogP contribution < -0.4 is 20.7 Å². The normalized spacial score (nSPS) is 27.2. The summed E-state index contributed by atoms with van der Waals surface area (Å²) in [5.41, 5.74) is 2.38. The van der Waals surface area contributed by atoms with E-state index in [9.17, 15) is 22.8 Å². The molecule has 15 heteroatoms. The van der Waals surface area contributed by atoms with Crippen LogP contribution in [0.4, 0.5) is 32.8 Å². The van der Waals surface area contributed by atoms with Crippen LogP contribution in [0.5, 0.6) is 6.01 Å². The van der Waals surface area contributed by atoms with Crippen molar-refractivity contribution in [2.75, 3.05) is 50.2 Å². The number of anilines is 2. The highest BCUT2D eigenvalue weighted by molar-refractivity contribution is 7.23. The van der Waals surface area contributed by atoms with Gasteiger partial charge >= 0.3 is 12.2 Å². The molecule has 2 atom stereocenters. The molecule has 4 aliphatic heterocycles. The molecule has 0 radical (unpaired) electrons. The molecule has 6 heterocycles. The second-order valence-electron chi connectivity index (χ2n) is 12.9. The van der Waals surface area contributed by atoms with Crippen LogP contribution in [0, 0.1) is 28.4 Å². The maximum absolute atomic E-state index is 17.0. The largest absolute Gasteiger partial charge is 0.463 e. The van der Waals surface area contributed by atoms with Gasteiger partial charge in [0.15, 0.2) is 5.82 Å². The molecule has 3 N–H and O–H groups in total. The van der Waals surface area contributed by atoms with E-state index in [-0.39, 0.29) is 73.1 Å². The highest BCUT2D eigenvalue weighted by atomic mass is 32.1. The van der Waals surface area contributed by atoms with Crippen LogP contribution in [0.1, 0.15) is 30.9 Å². The zero-order chi connectivity index (χ0) is 32.2. The molecule has 2 unspecified atom stereocenters. The first-order valence-corrected chi connectivity index (χ1v) is 15.6. The Hall–Kier alpha value is -3.84. The van der Waals surface area contributed by atoms with Crippen LogP contribution in [-0.2, 0) is 15.7 Å². The van der Waals surface area contributed by atoms with Crippen molar-refractivity contribution in [1.29, 1.82) is 5.26 Å². The van der Waals surface area contributed by atoms with Crippen molar-refractivity contribution >= 4 is 43.1 Å². The minimum atomic E-state index is -5.05. The third-order valence-electron chi connectivity index (χ3n) is 9.54. The van der Waals surface area contributed by atoms with Crippen molar-refractivity contribution in [2.24, 2.45) is 5.41 Å². The second-order valence-corrected chi connectivity index (χ2v) is 13.9. The molecule has 4 aromatic rings. The van der Waals surface area contributed by atoms with Gasteiger partial charge in [-0.15, -0.1) is 11.3 Å². The van der Waals surface area contributed by atoms with Gasteiger partial charge < -0.3 is 30.2 Å². The summed E-state index contributed by atoms with van der Waals surface area (Å²) in [4.78, 5) is 10.8. The minimum Gasteiger partial charge on any atom is -0.463 e. The van der Waals surface area contributed by atoms with E-state index < -0.39 is 34.5 Å². The Morgan fingerprint density at radius 1 is 1.20 bits per heavy atom. The molecule has 4 saturated heterocycles. The zero-order valence-electron chi connectivity index (χ0n) is 24.4. The van der Waals surface area contributed by atoms with E-state index in [1.165, 1.54) is 0 Å². The van der Waals surface area contributed by atoms with Gasteiger partial charge in [-0.05, 0) is 37.5 Å². The molecule has 5 aliphatic rings. The molecule has 1 saturated carbocycles. The summed E-state index contributed by atoms with van der Waals surface area (Å²) in [6.45, 7) is 4.25. The number of nitrogens with zero attached hydrogens (tertiary/aromatic N) is 4. The summed E-state index contributed by atoms with van der Waals surface area (Å²) in [6.07, 6.45) is -3.50. The van der Waals surface area contributed by atoms with E-state index >= 15 is 4.39 Å². The number of nitrogens with two attached hydrogens (primary N) is 1. The SMILES string of the molecule is CC12CC(COc3nc(N4C5CNCC4COC5)c4cc(C(F)(F)F)c(-c5ccc(F)c6sc(N)c(C#N)c56)c(F)c4n3)(CO1)C2. The Morgan fingerprint density at radius 2 is 1.93 bits per heavy atom. The Bertz CT molecular complexity index is 1950. The molecule has 4 bridgehead atoms. The lowest BCUT2D eigenvalue weighted by Gasteiger charge is -2.47. The fraction of sp³-hybridized carbons (Fsp3) is 0.452. The first kappa shape index (κ1) is 29.6. The molecule has 5 fully saturated rings. The van der Waals surface area contributed by atoms with Crippen molar-refractivity contribution in [3.63, 3.8) is 0 Å². The van der Waals surface area contributed by atoms with E-state index in [0.717, 1.165) is 31.0 Å². The average molecular weight is 659 g/mol. The summed E-state index contributed by atoms with van der Waals surface area (Å²) < 4.78 is 94.1. The number of alkyl halides is 3. The Balaban J connectivity index is 1.37. The van der Waals surface area contributed by atoms with Gasteiger partial charge in [0.25, 0.3) is 0 Å². The molecular formula is C31H27F5N6O3S. The molecular weight excluding hydrogens is 631 g/mol. The molecule has 0 spiro atoms. The first-order valence-electron chi connectivity index (χ1n) is 14.8. The number of nitrogen functional groups attached to an aromatic ring is 1. The van der Waals surface area contributed by atoms with Crippen LogP contribution in [-0.4, -0.2) is 67.2 Å². The van der Waals surface area contributed by atoms with E-state index in [2.05, 4.69) is 15.3 Å². The lowest BCUT2D eigenvalue weighted by atomic mass is 9.64. The molecule has 46 heavy (non-hydrogen) atoms. The van der Waals surface area contributed by atoms with Crippen molar-refractivity contribution in [3.8, 4) is 23.2 Å². The number of morpholine rings is 1. The van der Waals surface area contributed by atoms with Gasteiger partial charge in [-0.3, -0.25) is 0 Å². The van der Waals surface area contributed by atoms with Crippen LogP contribution in [0.25, 0.3) is 32.1 Å². The average Bonchev–Trinajstić information content (AvgIpc) is 3.63. The molecule has 0 amide bonds. The van der Waals surface area contributed by atoms with Gasteiger partial charge in [0.2, 0.25) is 0 Å². The summed E-state index contributed by atoms with van der Waals surface area (Å²) in [7, 11) is 0. The van der Waals surface area contributed by atoms with Crippen LogP contribution in [0.15, 0.2) is 18.2 Å². The Morgan fingerprint density at radius 3 is 2.59 bits per heavy atom. The Kier molecular flexibility index (Phi) is 6.48. The maximum Gasteiger partial charge on any atom is 0.417 e. The van der Waals surface area contributed by atoms with Gasteiger partial charge in [0.1, 0.15) is 28.2 Å². The van der Waals surface area contributed by atoms with E-state index in [1.54, 1.807) is 0 Å². The molecule has 9 rings (SSSR count). The fourth-order valence-electron chi connectivity index (χ4n) is 7.75. The van der Waals surface area contributed by atoms with Gasteiger partial charge in [-0.1, -0.05) is 6.07 Å². The number of fused-ring (bicyclic) bond motifs is 5. The quantitative estimate of drug-likeness (QED) is 0.272. The van der Waals surface area contributed by atoms with Gasteiger partial charge in [0, 0.05) is 34.8 Å². The van der Waals surface area contributed by atoms with Crippen LogP contribution in [0.2, 0.25) is 0 Å². The monoisotopic (exact) mass is 658 g/mol. The third kappa shape index (κ3) is 4.41.